The quantitative estimate of drug-likeness (QED) is 0.918. The number of nitrogens with one attached hydrogen (secondary N) is 1. The monoisotopic (exact) mass is 349 g/mol. The minimum atomic E-state index is 0.00618. The molecule has 3 rings (SSSR count). The van der Waals surface area contributed by atoms with Crippen LogP contribution in [0.2, 0.25) is 5.02 Å². The normalized spacial score (nSPS) is 18.2. The SMILES string of the molecule is CCCc1ncc(C(=O)N2CCNCC2c2cccc(Cl)c2)s1. The molecule has 0 radical (unpaired) electrons. The number of rotatable bonds is 4. The second-order valence-electron chi connectivity index (χ2n) is 5.64. The summed E-state index contributed by atoms with van der Waals surface area (Å²) in [4.78, 5) is 19.9. The van der Waals surface area contributed by atoms with Crippen molar-refractivity contribution in [3.63, 3.8) is 0 Å². The minimum absolute atomic E-state index is 0.00618. The van der Waals surface area contributed by atoms with Crippen LogP contribution in [-0.4, -0.2) is 35.4 Å². The van der Waals surface area contributed by atoms with Crippen molar-refractivity contribution in [1.82, 2.24) is 15.2 Å². The van der Waals surface area contributed by atoms with Gasteiger partial charge >= 0.3 is 0 Å². The number of carbonyl (C=O) groups is 1. The molecule has 122 valence electrons. The molecule has 1 aromatic carbocycles. The number of aryl methyl sites for hydroxylation is 1. The zero-order valence-corrected chi connectivity index (χ0v) is 14.7. The summed E-state index contributed by atoms with van der Waals surface area (Å²) in [5.41, 5.74) is 1.07. The topological polar surface area (TPSA) is 45.2 Å². The molecule has 1 amide bonds. The summed E-state index contributed by atoms with van der Waals surface area (Å²) in [5, 5.41) is 5.10. The Morgan fingerprint density at radius 2 is 2.39 bits per heavy atom. The van der Waals surface area contributed by atoms with E-state index >= 15 is 0 Å². The van der Waals surface area contributed by atoms with Crippen LogP contribution in [-0.2, 0) is 6.42 Å². The van der Waals surface area contributed by atoms with E-state index in [-0.39, 0.29) is 11.9 Å². The highest BCUT2D eigenvalue weighted by Crippen LogP contribution is 2.27. The number of amides is 1. The van der Waals surface area contributed by atoms with Crippen LogP contribution >= 0.6 is 22.9 Å². The van der Waals surface area contributed by atoms with Gasteiger partial charge in [0.15, 0.2) is 0 Å². The van der Waals surface area contributed by atoms with Crippen molar-refractivity contribution in [2.24, 2.45) is 0 Å². The summed E-state index contributed by atoms with van der Waals surface area (Å²) in [6.45, 7) is 4.36. The first-order valence-electron chi connectivity index (χ1n) is 7.91. The van der Waals surface area contributed by atoms with Gasteiger partial charge in [-0.2, -0.15) is 0 Å². The van der Waals surface area contributed by atoms with E-state index in [2.05, 4.69) is 17.2 Å². The maximum atomic E-state index is 12.9. The Kier molecular flexibility index (Phi) is 5.30. The molecule has 1 unspecified atom stereocenters. The van der Waals surface area contributed by atoms with Crippen LogP contribution < -0.4 is 5.32 Å². The van der Waals surface area contributed by atoms with Crippen LogP contribution in [0.4, 0.5) is 0 Å². The van der Waals surface area contributed by atoms with E-state index in [1.54, 1.807) is 6.20 Å². The molecule has 1 N–H and O–H groups in total. The Labute approximate surface area is 145 Å². The molecule has 1 saturated heterocycles. The van der Waals surface area contributed by atoms with E-state index in [9.17, 15) is 4.79 Å². The van der Waals surface area contributed by atoms with Gasteiger partial charge in [0.25, 0.3) is 5.91 Å². The number of hydrogen-bond acceptors (Lipinski definition) is 4. The lowest BCUT2D eigenvalue weighted by molar-refractivity contribution is 0.0639. The number of hydrogen-bond donors (Lipinski definition) is 1. The first-order valence-corrected chi connectivity index (χ1v) is 9.10. The number of nitrogens with zero attached hydrogens (tertiary/aromatic N) is 2. The number of benzene rings is 1. The fourth-order valence-electron chi connectivity index (χ4n) is 2.84. The molecular formula is C17H20ClN3OS. The number of piperazine rings is 1. The molecule has 2 aromatic rings. The van der Waals surface area contributed by atoms with Crippen molar-refractivity contribution in [1.29, 1.82) is 0 Å². The summed E-state index contributed by atoms with van der Waals surface area (Å²) in [5.74, 6) is 0.0660. The molecule has 0 aliphatic carbocycles. The maximum Gasteiger partial charge on any atom is 0.266 e. The lowest BCUT2D eigenvalue weighted by Gasteiger charge is -2.36. The van der Waals surface area contributed by atoms with Crippen LogP contribution in [0, 0.1) is 0 Å². The molecule has 23 heavy (non-hydrogen) atoms. The van der Waals surface area contributed by atoms with Gasteiger partial charge in [0.1, 0.15) is 4.88 Å². The lowest BCUT2D eigenvalue weighted by Crippen LogP contribution is -2.48. The van der Waals surface area contributed by atoms with Crippen molar-refractivity contribution in [3.05, 3.63) is 50.9 Å². The van der Waals surface area contributed by atoms with Gasteiger partial charge in [-0.05, 0) is 30.5 Å². The van der Waals surface area contributed by atoms with Gasteiger partial charge in [0, 0.05) is 24.7 Å². The molecule has 1 aliphatic rings. The predicted molar refractivity (Wildman–Crippen MR) is 94.2 cm³/mol. The standard InChI is InChI=1S/C17H20ClN3OS/c1-2-4-16-20-11-15(23-16)17(22)21-8-7-19-10-14(21)12-5-3-6-13(18)9-12/h3,5-6,9,11,14,19H,2,4,7-8,10H2,1H3. The highest BCUT2D eigenvalue weighted by molar-refractivity contribution is 7.13. The van der Waals surface area contributed by atoms with E-state index in [1.807, 2.05) is 29.2 Å². The summed E-state index contributed by atoms with van der Waals surface area (Å²) in [7, 11) is 0. The molecule has 1 fully saturated rings. The lowest BCUT2D eigenvalue weighted by atomic mass is 10.0. The Morgan fingerprint density at radius 1 is 1.52 bits per heavy atom. The molecular weight excluding hydrogens is 330 g/mol. The minimum Gasteiger partial charge on any atom is -0.328 e. The van der Waals surface area contributed by atoms with Gasteiger partial charge in [0.2, 0.25) is 0 Å². The summed E-state index contributed by atoms with van der Waals surface area (Å²) in [6.07, 6.45) is 3.69. The van der Waals surface area contributed by atoms with E-state index in [4.69, 9.17) is 11.6 Å². The number of halogens is 1. The first-order chi connectivity index (χ1) is 11.2. The zero-order chi connectivity index (χ0) is 16.2. The van der Waals surface area contributed by atoms with Crippen LogP contribution in [0.3, 0.4) is 0 Å². The Balaban J connectivity index is 1.84. The fourth-order valence-corrected chi connectivity index (χ4v) is 4.01. The van der Waals surface area contributed by atoms with E-state index in [1.165, 1.54) is 11.3 Å². The Hall–Kier alpha value is -1.43. The van der Waals surface area contributed by atoms with Gasteiger partial charge < -0.3 is 10.2 Å². The van der Waals surface area contributed by atoms with Crippen molar-refractivity contribution < 1.29 is 4.79 Å². The van der Waals surface area contributed by atoms with Crippen molar-refractivity contribution in [2.75, 3.05) is 19.6 Å². The molecule has 6 heteroatoms. The average Bonchev–Trinajstić information content (AvgIpc) is 3.03. The molecule has 0 saturated carbocycles. The fraction of sp³-hybridized carbons (Fsp3) is 0.412. The van der Waals surface area contributed by atoms with Gasteiger partial charge in [-0.15, -0.1) is 11.3 Å². The molecule has 0 spiro atoms. The van der Waals surface area contributed by atoms with Gasteiger partial charge in [-0.1, -0.05) is 30.7 Å². The van der Waals surface area contributed by atoms with Crippen LogP contribution in [0.15, 0.2) is 30.5 Å². The molecule has 2 heterocycles. The third-order valence-electron chi connectivity index (χ3n) is 3.97. The summed E-state index contributed by atoms with van der Waals surface area (Å²) >= 11 is 7.63. The average molecular weight is 350 g/mol. The van der Waals surface area contributed by atoms with E-state index < -0.39 is 0 Å². The second kappa shape index (κ2) is 7.43. The number of thiazole rings is 1. The Morgan fingerprint density at radius 3 is 3.17 bits per heavy atom. The van der Waals surface area contributed by atoms with E-state index in [0.29, 0.717) is 11.6 Å². The van der Waals surface area contributed by atoms with Crippen LogP contribution in [0.1, 0.15) is 39.6 Å². The smallest absolute Gasteiger partial charge is 0.266 e. The zero-order valence-electron chi connectivity index (χ0n) is 13.1. The van der Waals surface area contributed by atoms with Crippen LogP contribution in [0.25, 0.3) is 0 Å². The second-order valence-corrected chi connectivity index (χ2v) is 7.19. The van der Waals surface area contributed by atoms with Crippen molar-refractivity contribution in [3.8, 4) is 0 Å². The summed E-state index contributed by atoms with van der Waals surface area (Å²) in [6, 6.07) is 7.76. The molecule has 1 atom stereocenters. The van der Waals surface area contributed by atoms with Crippen molar-refractivity contribution in [2.45, 2.75) is 25.8 Å². The maximum absolute atomic E-state index is 12.9. The third kappa shape index (κ3) is 3.74. The van der Waals surface area contributed by atoms with Gasteiger partial charge in [0.05, 0.1) is 17.2 Å². The molecule has 1 aliphatic heterocycles. The molecule has 1 aromatic heterocycles. The van der Waals surface area contributed by atoms with Gasteiger partial charge in [-0.25, -0.2) is 4.98 Å². The third-order valence-corrected chi connectivity index (χ3v) is 5.25. The highest BCUT2D eigenvalue weighted by Gasteiger charge is 2.29. The van der Waals surface area contributed by atoms with E-state index in [0.717, 1.165) is 41.4 Å². The predicted octanol–water partition coefficient (Wildman–Crippen LogP) is 3.54. The van der Waals surface area contributed by atoms with Gasteiger partial charge in [-0.3, -0.25) is 4.79 Å². The van der Waals surface area contributed by atoms with Crippen molar-refractivity contribution >= 4 is 28.8 Å². The number of carbonyl (C=O) groups excluding carboxylic acids is 1. The summed E-state index contributed by atoms with van der Waals surface area (Å²) < 4.78 is 0. The van der Waals surface area contributed by atoms with Crippen LogP contribution in [0.5, 0.6) is 0 Å². The molecule has 4 nitrogen and oxygen atoms in total. The largest absolute Gasteiger partial charge is 0.328 e. The molecule has 0 bridgehead atoms. The number of aromatic nitrogens is 1. The first kappa shape index (κ1) is 16.4. The highest BCUT2D eigenvalue weighted by atomic mass is 35.5. The Bertz CT molecular complexity index is 688.